The molecule has 0 aromatic rings. The fourth-order valence-corrected chi connectivity index (χ4v) is 2.21. The Morgan fingerprint density at radius 1 is 1.40 bits per heavy atom. The van der Waals surface area contributed by atoms with Crippen molar-refractivity contribution >= 4 is 5.90 Å². The third-order valence-corrected chi connectivity index (χ3v) is 3.09. The van der Waals surface area contributed by atoms with Crippen molar-refractivity contribution in [2.75, 3.05) is 13.2 Å². The average Bonchev–Trinajstić information content (AvgIpc) is 2.66. The lowest BCUT2D eigenvalue weighted by molar-refractivity contribution is -0.0946. The topological polar surface area (TPSA) is 108 Å². The Hall–Kier alpha value is -0.690. The number of nitrogens with zero attached hydrogens (tertiary/aromatic N) is 1. The molecule has 0 saturated heterocycles. The van der Waals surface area contributed by atoms with Crippen LogP contribution in [0.3, 0.4) is 0 Å². The predicted molar refractivity (Wildman–Crippen MR) is 52.4 cm³/mol. The Morgan fingerprint density at radius 2 is 2.13 bits per heavy atom. The third kappa shape index (κ3) is 1.74. The van der Waals surface area contributed by atoms with Gasteiger partial charge in [-0.3, -0.25) is 0 Å². The van der Waals surface area contributed by atoms with Gasteiger partial charge in [0.1, 0.15) is 18.2 Å². The standard InChI is InChI=1S/C9H16N2O4/c10-2-6-11-7-5(15-6)1-4(3-12)8(13)9(7)14/h4-5,7-9,12-14H,1-3,10H2/t4-,5-,7-,8-,9-/m1/s1. The second-order valence-electron chi connectivity index (χ2n) is 4.03. The molecule has 0 aromatic carbocycles. The van der Waals surface area contributed by atoms with Gasteiger partial charge < -0.3 is 25.8 Å². The van der Waals surface area contributed by atoms with Gasteiger partial charge in [0, 0.05) is 12.5 Å². The molecule has 1 saturated carbocycles. The number of ether oxygens (including phenoxy) is 1. The van der Waals surface area contributed by atoms with Crippen LogP contribution in [0.4, 0.5) is 0 Å². The van der Waals surface area contributed by atoms with Crippen LogP contribution in [0.5, 0.6) is 0 Å². The van der Waals surface area contributed by atoms with E-state index in [1.165, 1.54) is 0 Å². The van der Waals surface area contributed by atoms with E-state index < -0.39 is 18.2 Å². The molecule has 0 radical (unpaired) electrons. The molecule has 5 N–H and O–H groups in total. The fraction of sp³-hybridized carbons (Fsp3) is 0.889. The summed E-state index contributed by atoms with van der Waals surface area (Å²) in [5, 5.41) is 28.5. The molecule has 15 heavy (non-hydrogen) atoms. The normalized spacial score (nSPS) is 44.5. The monoisotopic (exact) mass is 216 g/mol. The zero-order chi connectivity index (χ0) is 11.0. The van der Waals surface area contributed by atoms with E-state index in [0.717, 1.165) is 0 Å². The number of aliphatic hydroxyl groups excluding tert-OH is 3. The summed E-state index contributed by atoms with van der Waals surface area (Å²) in [6.45, 7) is 0.0301. The fourth-order valence-electron chi connectivity index (χ4n) is 2.21. The summed E-state index contributed by atoms with van der Waals surface area (Å²) in [4.78, 5) is 4.11. The van der Waals surface area contributed by atoms with Crippen LogP contribution in [0, 0.1) is 5.92 Å². The Kier molecular flexibility index (Phi) is 2.92. The SMILES string of the molecule is NCC1=N[C@H]2[C@@H](O)[C@H](O)[C@@H](CO)C[C@H]2O1. The first-order valence-electron chi connectivity index (χ1n) is 5.07. The van der Waals surface area contributed by atoms with E-state index in [2.05, 4.69) is 4.99 Å². The van der Waals surface area contributed by atoms with E-state index in [9.17, 15) is 10.2 Å². The minimum absolute atomic E-state index is 0.164. The highest BCUT2D eigenvalue weighted by molar-refractivity contribution is 5.80. The van der Waals surface area contributed by atoms with E-state index in [1.54, 1.807) is 0 Å². The molecule has 0 bridgehead atoms. The van der Waals surface area contributed by atoms with Crippen LogP contribution in [0.1, 0.15) is 6.42 Å². The van der Waals surface area contributed by atoms with Crippen molar-refractivity contribution < 1.29 is 20.1 Å². The highest BCUT2D eigenvalue weighted by Gasteiger charge is 2.47. The van der Waals surface area contributed by atoms with Crippen LogP contribution >= 0.6 is 0 Å². The van der Waals surface area contributed by atoms with E-state index in [-0.39, 0.29) is 25.2 Å². The first-order chi connectivity index (χ1) is 7.17. The number of aliphatic hydroxyl groups is 3. The Labute approximate surface area is 87.4 Å². The highest BCUT2D eigenvalue weighted by Crippen LogP contribution is 2.32. The average molecular weight is 216 g/mol. The van der Waals surface area contributed by atoms with Gasteiger partial charge in [-0.25, -0.2) is 4.99 Å². The van der Waals surface area contributed by atoms with Crippen molar-refractivity contribution in [2.24, 2.45) is 16.6 Å². The van der Waals surface area contributed by atoms with Gasteiger partial charge in [0.05, 0.1) is 12.6 Å². The Balaban J connectivity index is 2.12. The summed E-state index contributed by atoms with van der Waals surface area (Å²) in [5.74, 6) is 0.0587. The second-order valence-corrected chi connectivity index (χ2v) is 4.03. The largest absolute Gasteiger partial charge is 0.474 e. The van der Waals surface area contributed by atoms with Crippen LogP contribution in [0.2, 0.25) is 0 Å². The molecule has 0 aromatic heterocycles. The van der Waals surface area contributed by atoms with Crippen molar-refractivity contribution in [3.8, 4) is 0 Å². The minimum atomic E-state index is -0.982. The molecule has 2 rings (SSSR count). The minimum Gasteiger partial charge on any atom is -0.474 e. The number of aliphatic imine (C=N–C) groups is 1. The quantitative estimate of drug-likeness (QED) is 0.420. The summed E-state index contributed by atoms with van der Waals surface area (Å²) >= 11 is 0. The van der Waals surface area contributed by atoms with Gasteiger partial charge in [0.15, 0.2) is 5.90 Å². The van der Waals surface area contributed by atoms with Gasteiger partial charge in [-0.15, -0.1) is 0 Å². The van der Waals surface area contributed by atoms with Crippen LogP contribution in [0.15, 0.2) is 4.99 Å². The van der Waals surface area contributed by atoms with Gasteiger partial charge in [-0.2, -0.15) is 0 Å². The molecule has 1 fully saturated rings. The molecule has 1 aliphatic carbocycles. The summed E-state index contributed by atoms with van der Waals surface area (Å²) in [5.41, 5.74) is 5.39. The van der Waals surface area contributed by atoms with Gasteiger partial charge in [0.2, 0.25) is 0 Å². The first kappa shape index (κ1) is 10.8. The van der Waals surface area contributed by atoms with E-state index in [1.807, 2.05) is 0 Å². The zero-order valence-electron chi connectivity index (χ0n) is 8.28. The smallest absolute Gasteiger partial charge is 0.198 e. The second kappa shape index (κ2) is 4.05. The third-order valence-electron chi connectivity index (χ3n) is 3.09. The maximum absolute atomic E-state index is 9.77. The number of hydrogen-bond acceptors (Lipinski definition) is 6. The van der Waals surface area contributed by atoms with Gasteiger partial charge in [-0.05, 0) is 6.42 Å². The van der Waals surface area contributed by atoms with E-state index in [0.29, 0.717) is 12.3 Å². The number of rotatable bonds is 2. The molecule has 6 nitrogen and oxygen atoms in total. The summed E-state index contributed by atoms with van der Waals surface area (Å²) < 4.78 is 5.41. The molecule has 6 heteroatoms. The zero-order valence-corrected chi connectivity index (χ0v) is 8.28. The van der Waals surface area contributed by atoms with E-state index in [4.69, 9.17) is 15.6 Å². The number of hydrogen-bond donors (Lipinski definition) is 4. The van der Waals surface area contributed by atoms with Crippen molar-refractivity contribution in [3.63, 3.8) is 0 Å². The molecule has 2 aliphatic rings. The molecular weight excluding hydrogens is 200 g/mol. The Morgan fingerprint density at radius 3 is 2.73 bits per heavy atom. The molecular formula is C9H16N2O4. The predicted octanol–water partition coefficient (Wildman–Crippen LogP) is -2.15. The van der Waals surface area contributed by atoms with Gasteiger partial charge in [-0.1, -0.05) is 0 Å². The van der Waals surface area contributed by atoms with Crippen molar-refractivity contribution in [1.82, 2.24) is 0 Å². The van der Waals surface area contributed by atoms with Crippen LogP contribution in [0.25, 0.3) is 0 Å². The van der Waals surface area contributed by atoms with Crippen LogP contribution in [-0.2, 0) is 4.74 Å². The maximum atomic E-state index is 9.77. The van der Waals surface area contributed by atoms with Crippen molar-refractivity contribution in [3.05, 3.63) is 0 Å². The molecule has 1 aliphatic heterocycles. The van der Waals surface area contributed by atoms with Gasteiger partial charge >= 0.3 is 0 Å². The van der Waals surface area contributed by atoms with Crippen LogP contribution < -0.4 is 5.73 Å². The highest BCUT2D eigenvalue weighted by atomic mass is 16.5. The van der Waals surface area contributed by atoms with Crippen molar-refractivity contribution in [2.45, 2.75) is 30.8 Å². The van der Waals surface area contributed by atoms with Crippen molar-refractivity contribution in [1.29, 1.82) is 0 Å². The lowest BCUT2D eigenvalue weighted by Crippen LogP contribution is -2.52. The summed E-state index contributed by atoms with van der Waals surface area (Å²) in [6.07, 6.45) is -1.70. The molecule has 5 atom stereocenters. The lowest BCUT2D eigenvalue weighted by atomic mass is 9.80. The van der Waals surface area contributed by atoms with Crippen LogP contribution in [-0.4, -0.2) is 58.7 Å². The molecule has 0 spiro atoms. The number of fused-ring (bicyclic) bond motifs is 1. The first-order valence-corrected chi connectivity index (χ1v) is 5.07. The summed E-state index contributed by atoms with van der Waals surface area (Å²) in [7, 11) is 0. The Bertz CT molecular complexity index is 271. The number of nitrogens with two attached hydrogens (primary N) is 1. The van der Waals surface area contributed by atoms with Gasteiger partial charge in [0.25, 0.3) is 0 Å². The lowest BCUT2D eigenvalue weighted by Gasteiger charge is -2.36. The molecule has 1 heterocycles. The summed E-state index contributed by atoms with van der Waals surface area (Å²) in [6, 6.07) is -0.443. The molecule has 86 valence electrons. The molecule has 0 unspecified atom stereocenters. The maximum Gasteiger partial charge on any atom is 0.198 e. The molecule has 0 amide bonds. The van der Waals surface area contributed by atoms with E-state index >= 15 is 0 Å².